The van der Waals surface area contributed by atoms with E-state index in [1.165, 1.54) is 24.3 Å². The van der Waals surface area contributed by atoms with Crippen LogP contribution in [-0.2, 0) is 0 Å². The first-order chi connectivity index (χ1) is 11.0. The molecule has 0 heterocycles. The van der Waals surface area contributed by atoms with Crippen molar-refractivity contribution < 1.29 is 24.2 Å². The lowest BCUT2D eigenvalue weighted by Gasteiger charge is -2.12. The van der Waals surface area contributed by atoms with Crippen molar-refractivity contribution in [3.63, 3.8) is 0 Å². The van der Waals surface area contributed by atoms with Crippen molar-refractivity contribution in [1.82, 2.24) is 0 Å². The van der Waals surface area contributed by atoms with Crippen LogP contribution in [0.4, 0.5) is 0 Å². The minimum absolute atomic E-state index is 0.112. The third-order valence-corrected chi connectivity index (χ3v) is 3.31. The maximum absolute atomic E-state index is 12.0. The third kappa shape index (κ3) is 4.57. The highest BCUT2D eigenvalue weighted by Crippen LogP contribution is 2.18. The van der Waals surface area contributed by atoms with Gasteiger partial charge in [0.1, 0.15) is 11.5 Å². The largest absolute Gasteiger partial charge is 0.491 e. The fourth-order valence-electron chi connectivity index (χ4n) is 1.82. The number of hydrogen-bond donors (Lipinski definition) is 1. The molecule has 2 aromatic rings. The van der Waals surface area contributed by atoms with E-state index in [9.17, 15) is 9.59 Å². The average molecular weight is 314 g/mol. The molecule has 0 aliphatic heterocycles. The van der Waals surface area contributed by atoms with Gasteiger partial charge in [0, 0.05) is 0 Å². The van der Waals surface area contributed by atoms with E-state index >= 15 is 0 Å². The number of carbonyl (C=O) groups excluding carboxylic acids is 1. The first-order valence-corrected chi connectivity index (χ1v) is 7.32. The molecule has 0 spiro atoms. The highest BCUT2D eigenvalue weighted by Gasteiger charge is 2.10. The molecule has 0 aromatic heterocycles. The smallest absolute Gasteiger partial charge is 0.343 e. The summed E-state index contributed by atoms with van der Waals surface area (Å²) in [6.07, 6.45) is 1.01. The van der Waals surface area contributed by atoms with Gasteiger partial charge in [-0.15, -0.1) is 0 Å². The lowest BCUT2D eigenvalue weighted by Crippen LogP contribution is -2.11. The van der Waals surface area contributed by atoms with Crippen molar-refractivity contribution in [2.75, 3.05) is 0 Å². The molecule has 5 nitrogen and oxygen atoms in total. The quantitative estimate of drug-likeness (QED) is 0.649. The van der Waals surface area contributed by atoms with Crippen LogP contribution in [0, 0.1) is 0 Å². The maximum atomic E-state index is 12.0. The summed E-state index contributed by atoms with van der Waals surface area (Å²) in [7, 11) is 0. The zero-order valence-corrected chi connectivity index (χ0v) is 13.0. The zero-order valence-electron chi connectivity index (χ0n) is 13.0. The third-order valence-electron chi connectivity index (χ3n) is 3.31. The van der Waals surface area contributed by atoms with E-state index in [2.05, 4.69) is 0 Å². The molecule has 0 bridgehead atoms. The summed E-state index contributed by atoms with van der Waals surface area (Å²) >= 11 is 0. The predicted octanol–water partition coefficient (Wildman–Crippen LogP) is 3.78. The van der Waals surface area contributed by atoms with Crippen LogP contribution in [0.5, 0.6) is 11.5 Å². The summed E-state index contributed by atoms with van der Waals surface area (Å²) in [5, 5.41) is 8.82. The monoisotopic (exact) mass is 314 g/mol. The molecule has 23 heavy (non-hydrogen) atoms. The molecule has 0 aliphatic rings. The Morgan fingerprint density at radius 2 is 1.48 bits per heavy atom. The summed E-state index contributed by atoms with van der Waals surface area (Å²) < 4.78 is 10.8. The Labute approximate surface area is 134 Å². The van der Waals surface area contributed by atoms with E-state index in [1.807, 2.05) is 13.8 Å². The van der Waals surface area contributed by atoms with Crippen LogP contribution in [0.1, 0.15) is 41.0 Å². The molecule has 0 saturated carbocycles. The minimum atomic E-state index is -1.03. The van der Waals surface area contributed by atoms with Gasteiger partial charge in [-0.1, -0.05) is 6.92 Å². The van der Waals surface area contributed by atoms with Crippen molar-refractivity contribution in [3.05, 3.63) is 59.7 Å². The number of carboxylic acid groups (broad SMARTS) is 1. The molecule has 0 amide bonds. The Bertz CT molecular complexity index is 674. The van der Waals surface area contributed by atoms with E-state index in [0.29, 0.717) is 17.1 Å². The van der Waals surface area contributed by atoms with Crippen LogP contribution in [0.2, 0.25) is 0 Å². The Morgan fingerprint density at radius 1 is 0.957 bits per heavy atom. The van der Waals surface area contributed by atoms with E-state index in [4.69, 9.17) is 14.6 Å². The summed E-state index contributed by atoms with van der Waals surface area (Å²) in [5.74, 6) is -0.551. The zero-order chi connectivity index (χ0) is 16.8. The number of esters is 1. The van der Waals surface area contributed by atoms with Crippen molar-refractivity contribution in [1.29, 1.82) is 0 Å². The van der Waals surface area contributed by atoms with Crippen molar-refractivity contribution in [2.45, 2.75) is 26.4 Å². The van der Waals surface area contributed by atoms with Crippen LogP contribution in [0.3, 0.4) is 0 Å². The lowest BCUT2D eigenvalue weighted by molar-refractivity contribution is 0.0696. The van der Waals surface area contributed by atoms with Gasteiger partial charge < -0.3 is 14.6 Å². The molecule has 5 heteroatoms. The van der Waals surface area contributed by atoms with Gasteiger partial charge in [0.15, 0.2) is 0 Å². The van der Waals surface area contributed by atoms with E-state index in [-0.39, 0.29) is 11.7 Å². The van der Waals surface area contributed by atoms with Crippen LogP contribution in [-0.4, -0.2) is 23.1 Å². The normalized spacial score (nSPS) is 11.6. The molecular formula is C18H18O5. The molecule has 1 N–H and O–H groups in total. The Kier molecular flexibility index (Phi) is 5.36. The van der Waals surface area contributed by atoms with Gasteiger partial charge in [-0.3, -0.25) is 0 Å². The van der Waals surface area contributed by atoms with E-state index in [0.717, 1.165) is 6.42 Å². The second-order valence-electron chi connectivity index (χ2n) is 5.08. The van der Waals surface area contributed by atoms with E-state index in [1.54, 1.807) is 24.3 Å². The van der Waals surface area contributed by atoms with E-state index < -0.39 is 11.9 Å². The molecule has 2 rings (SSSR count). The van der Waals surface area contributed by atoms with Crippen LogP contribution < -0.4 is 9.47 Å². The van der Waals surface area contributed by atoms with Crippen LogP contribution in [0.25, 0.3) is 0 Å². The molecule has 1 unspecified atom stereocenters. The van der Waals surface area contributed by atoms with Gasteiger partial charge in [-0.2, -0.15) is 0 Å². The van der Waals surface area contributed by atoms with Gasteiger partial charge in [0.05, 0.1) is 17.2 Å². The van der Waals surface area contributed by atoms with Crippen LogP contribution in [0.15, 0.2) is 48.5 Å². The number of rotatable bonds is 6. The SMILES string of the molecule is CCC(C)Oc1ccc(C(=O)Oc2ccc(C(=O)O)cc2)cc1. The predicted molar refractivity (Wildman–Crippen MR) is 85.2 cm³/mol. The summed E-state index contributed by atoms with van der Waals surface area (Å²) in [6, 6.07) is 12.4. The number of carbonyl (C=O) groups is 2. The summed E-state index contributed by atoms with van der Waals surface area (Å²) in [6.45, 7) is 4.01. The first kappa shape index (κ1) is 16.5. The Hall–Kier alpha value is -2.82. The number of ether oxygens (including phenoxy) is 2. The molecule has 2 aromatic carbocycles. The Morgan fingerprint density at radius 3 is 2.00 bits per heavy atom. The molecular weight excluding hydrogens is 296 g/mol. The van der Waals surface area contributed by atoms with Gasteiger partial charge >= 0.3 is 11.9 Å². The van der Waals surface area contributed by atoms with Gasteiger partial charge in [-0.05, 0) is 61.9 Å². The molecule has 0 radical (unpaired) electrons. The topological polar surface area (TPSA) is 72.8 Å². The molecule has 1 atom stereocenters. The minimum Gasteiger partial charge on any atom is -0.491 e. The van der Waals surface area contributed by atoms with Crippen LogP contribution >= 0.6 is 0 Å². The lowest BCUT2D eigenvalue weighted by atomic mass is 10.2. The van der Waals surface area contributed by atoms with Gasteiger partial charge in [0.2, 0.25) is 0 Å². The molecule has 0 aliphatic carbocycles. The fourth-order valence-corrected chi connectivity index (χ4v) is 1.82. The number of aromatic carboxylic acids is 1. The highest BCUT2D eigenvalue weighted by molar-refractivity contribution is 5.91. The van der Waals surface area contributed by atoms with Gasteiger partial charge in [-0.25, -0.2) is 9.59 Å². The number of benzene rings is 2. The summed E-state index contributed by atoms with van der Waals surface area (Å²) in [4.78, 5) is 22.8. The first-order valence-electron chi connectivity index (χ1n) is 7.32. The number of hydrogen-bond acceptors (Lipinski definition) is 4. The molecule has 0 saturated heterocycles. The van der Waals surface area contributed by atoms with Crippen molar-refractivity contribution >= 4 is 11.9 Å². The maximum Gasteiger partial charge on any atom is 0.343 e. The second-order valence-corrected chi connectivity index (χ2v) is 5.08. The average Bonchev–Trinajstić information content (AvgIpc) is 2.55. The number of carboxylic acids is 1. The second kappa shape index (κ2) is 7.45. The summed E-state index contributed by atoms with van der Waals surface area (Å²) in [5.41, 5.74) is 0.528. The standard InChI is InChI=1S/C18H18O5/c1-3-12(2)22-15-10-6-14(7-11-15)18(21)23-16-8-4-13(5-9-16)17(19)20/h4-12H,3H2,1-2H3,(H,19,20). The van der Waals surface area contributed by atoms with Crippen molar-refractivity contribution in [2.24, 2.45) is 0 Å². The highest BCUT2D eigenvalue weighted by atomic mass is 16.5. The van der Waals surface area contributed by atoms with Crippen molar-refractivity contribution in [3.8, 4) is 11.5 Å². The van der Waals surface area contributed by atoms with Gasteiger partial charge in [0.25, 0.3) is 0 Å². The fraction of sp³-hybridized carbons (Fsp3) is 0.222. The molecule has 120 valence electrons. The Balaban J connectivity index is 2.01. The molecule has 0 fully saturated rings.